The fourth-order valence-electron chi connectivity index (χ4n) is 1.80. The van der Waals surface area contributed by atoms with Crippen LogP contribution in [0.4, 0.5) is 9.59 Å². The Hall–Kier alpha value is -2.24. The van der Waals surface area contributed by atoms with Crippen LogP contribution in [-0.2, 0) is 11.3 Å². The average molecular weight is 263 g/mol. The van der Waals surface area contributed by atoms with Gasteiger partial charge in [-0.25, -0.2) is 9.59 Å². The van der Waals surface area contributed by atoms with Gasteiger partial charge in [0.1, 0.15) is 6.10 Å². The van der Waals surface area contributed by atoms with E-state index in [0.717, 1.165) is 5.56 Å². The lowest BCUT2D eigenvalue weighted by Crippen LogP contribution is -2.40. The number of hydrogen-bond donors (Lipinski definition) is 2. The van der Waals surface area contributed by atoms with E-state index in [1.807, 2.05) is 30.3 Å². The van der Waals surface area contributed by atoms with Gasteiger partial charge in [0.05, 0.1) is 13.1 Å². The van der Waals surface area contributed by atoms with Crippen molar-refractivity contribution < 1.29 is 14.3 Å². The van der Waals surface area contributed by atoms with Gasteiger partial charge in [-0.15, -0.1) is 0 Å². The van der Waals surface area contributed by atoms with Crippen molar-refractivity contribution in [3.05, 3.63) is 35.9 Å². The van der Waals surface area contributed by atoms with Gasteiger partial charge < -0.3 is 20.3 Å². The van der Waals surface area contributed by atoms with Crippen LogP contribution in [0.15, 0.2) is 30.3 Å². The standard InChI is InChI=1S/C13H17N3O3/c1-16-9-11(19-13(16)18)8-15-12(17)14-7-10-5-3-2-4-6-10/h2-6,11H,7-9H2,1H3,(H2,14,15,17). The number of nitrogens with zero attached hydrogens (tertiary/aromatic N) is 1. The second-order valence-electron chi connectivity index (χ2n) is 4.44. The molecule has 2 rings (SSSR count). The Bertz CT molecular complexity index is 450. The van der Waals surface area contributed by atoms with Crippen LogP contribution in [-0.4, -0.2) is 43.3 Å². The van der Waals surface area contributed by atoms with Gasteiger partial charge in [-0.1, -0.05) is 30.3 Å². The van der Waals surface area contributed by atoms with Gasteiger partial charge in [0.15, 0.2) is 0 Å². The molecule has 1 atom stereocenters. The van der Waals surface area contributed by atoms with Crippen molar-refractivity contribution in [3.8, 4) is 0 Å². The van der Waals surface area contributed by atoms with Crippen molar-refractivity contribution >= 4 is 12.1 Å². The van der Waals surface area contributed by atoms with E-state index < -0.39 is 0 Å². The minimum absolute atomic E-state index is 0.269. The lowest BCUT2D eigenvalue weighted by Gasteiger charge is -2.11. The van der Waals surface area contributed by atoms with Crippen molar-refractivity contribution in [1.82, 2.24) is 15.5 Å². The summed E-state index contributed by atoms with van der Waals surface area (Å²) in [6, 6.07) is 9.37. The normalized spacial score (nSPS) is 18.1. The molecule has 6 heteroatoms. The van der Waals surface area contributed by atoms with Crippen molar-refractivity contribution in [2.75, 3.05) is 20.1 Å². The van der Waals surface area contributed by atoms with Gasteiger partial charge in [0.25, 0.3) is 0 Å². The first kappa shape index (κ1) is 13.2. The number of carbonyl (C=O) groups is 2. The summed E-state index contributed by atoms with van der Waals surface area (Å²) in [6.07, 6.45) is -0.628. The number of carbonyl (C=O) groups excluding carboxylic acids is 2. The van der Waals surface area contributed by atoms with E-state index in [1.54, 1.807) is 7.05 Å². The molecular formula is C13H17N3O3. The lowest BCUT2D eigenvalue weighted by atomic mass is 10.2. The molecule has 1 heterocycles. The Balaban J connectivity index is 1.67. The third-order valence-electron chi connectivity index (χ3n) is 2.84. The van der Waals surface area contributed by atoms with Crippen LogP contribution in [0.3, 0.4) is 0 Å². The summed E-state index contributed by atoms with van der Waals surface area (Å²) in [6.45, 7) is 1.28. The summed E-state index contributed by atoms with van der Waals surface area (Å²) >= 11 is 0. The fourth-order valence-corrected chi connectivity index (χ4v) is 1.80. The molecule has 19 heavy (non-hydrogen) atoms. The molecule has 1 saturated heterocycles. The van der Waals surface area contributed by atoms with Crippen LogP contribution < -0.4 is 10.6 Å². The van der Waals surface area contributed by atoms with Gasteiger partial charge in [0.2, 0.25) is 0 Å². The number of nitrogens with one attached hydrogen (secondary N) is 2. The van der Waals surface area contributed by atoms with Gasteiger partial charge in [-0.05, 0) is 5.56 Å². The Morgan fingerprint density at radius 1 is 1.37 bits per heavy atom. The summed E-state index contributed by atoms with van der Waals surface area (Å²) in [4.78, 5) is 24.2. The van der Waals surface area contributed by atoms with Crippen LogP contribution in [0.2, 0.25) is 0 Å². The molecule has 0 spiro atoms. The molecule has 102 valence electrons. The van der Waals surface area contributed by atoms with E-state index in [0.29, 0.717) is 19.6 Å². The lowest BCUT2D eigenvalue weighted by molar-refractivity contribution is 0.133. The van der Waals surface area contributed by atoms with E-state index in [1.165, 1.54) is 4.90 Å². The Morgan fingerprint density at radius 2 is 2.11 bits per heavy atom. The average Bonchev–Trinajstić information content (AvgIpc) is 2.74. The van der Waals surface area contributed by atoms with Gasteiger partial charge in [0, 0.05) is 13.6 Å². The highest BCUT2D eigenvalue weighted by Gasteiger charge is 2.28. The van der Waals surface area contributed by atoms with Gasteiger partial charge >= 0.3 is 12.1 Å². The molecule has 6 nitrogen and oxygen atoms in total. The van der Waals surface area contributed by atoms with E-state index in [4.69, 9.17) is 4.74 Å². The molecular weight excluding hydrogens is 246 g/mol. The second-order valence-corrected chi connectivity index (χ2v) is 4.44. The van der Waals surface area contributed by atoms with Crippen molar-refractivity contribution in [3.63, 3.8) is 0 Å². The van der Waals surface area contributed by atoms with Crippen molar-refractivity contribution in [2.24, 2.45) is 0 Å². The topological polar surface area (TPSA) is 70.7 Å². The van der Waals surface area contributed by atoms with E-state index in [-0.39, 0.29) is 18.2 Å². The Labute approximate surface area is 111 Å². The van der Waals surface area contributed by atoms with Crippen molar-refractivity contribution in [1.29, 1.82) is 0 Å². The minimum atomic E-state index is -0.350. The fraction of sp³-hybridized carbons (Fsp3) is 0.385. The summed E-state index contributed by atoms with van der Waals surface area (Å²) in [7, 11) is 1.66. The maximum Gasteiger partial charge on any atom is 0.410 e. The number of cyclic esters (lactones) is 1. The number of likely N-dealkylation sites (N-methyl/N-ethyl adjacent to an activating group) is 1. The predicted molar refractivity (Wildman–Crippen MR) is 69.6 cm³/mol. The summed E-state index contributed by atoms with van der Waals surface area (Å²) in [5, 5.41) is 5.42. The predicted octanol–water partition coefficient (Wildman–Crippen LogP) is 0.936. The van der Waals surface area contributed by atoms with Crippen LogP contribution in [0.5, 0.6) is 0 Å². The molecule has 3 amide bonds. The molecule has 0 aromatic heterocycles. The number of rotatable bonds is 4. The summed E-state index contributed by atoms with van der Waals surface area (Å²) in [5.41, 5.74) is 1.03. The molecule has 1 aliphatic rings. The number of hydrogen-bond acceptors (Lipinski definition) is 3. The van der Waals surface area contributed by atoms with Gasteiger partial charge in [-0.3, -0.25) is 0 Å². The maximum atomic E-state index is 11.6. The van der Waals surface area contributed by atoms with E-state index >= 15 is 0 Å². The molecule has 1 fully saturated rings. The zero-order valence-electron chi connectivity index (χ0n) is 10.8. The van der Waals surface area contributed by atoms with Crippen LogP contribution >= 0.6 is 0 Å². The number of urea groups is 1. The highest BCUT2D eigenvalue weighted by atomic mass is 16.6. The third kappa shape index (κ3) is 3.87. The number of ether oxygens (including phenoxy) is 1. The smallest absolute Gasteiger partial charge is 0.410 e. The summed E-state index contributed by atoms with van der Waals surface area (Å²) in [5.74, 6) is 0. The molecule has 1 aromatic carbocycles. The Kier molecular flexibility index (Phi) is 4.22. The first-order valence-electron chi connectivity index (χ1n) is 6.12. The van der Waals surface area contributed by atoms with Crippen molar-refractivity contribution in [2.45, 2.75) is 12.6 Å². The molecule has 0 aliphatic carbocycles. The van der Waals surface area contributed by atoms with Crippen LogP contribution in [0.1, 0.15) is 5.56 Å². The maximum absolute atomic E-state index is 11.6. The molecule has 1 aliphatic heterocycles. The molecule has 0 radical (unpaired) electrons. The number of benzene rings is 1. The zero-order valence-corrected chi connectivity index (χ0v) is 10.8. The third-order valence-corrected chi connectivity index (χ3v) is 2.84. The quantitative estimate of drug-likeness (QED) is 0.849. The SMILES string of the molecule is CN1CC(CNC(=O)NCc2ccccc2)OC1=O. The second kappa shape index (κ2) is 6.08. The molecule has 1 unspecified atom stereocenters. The largest absolute Gasteiger partial charge is 0.442 e. The molecule has 0 bridgehead atoms. The molecule has 1 aromatic rings. The number of amides is 3. The Morgan fingerprint density at radius 3 is 2.74 bits per heavy atom. The van der Waals surface area contributed by atoms with Crippen LogP contribution in [0.25, 0.3) is 0 Å². The molecule has 2 N–H and O–H groups in total. The highest BCUT2D eigenvalue weighted by molar-refractivity contribution is 5.74. The zero-order chi connectivity index (χ0) is 13.7. The molecule has 0 saturated carbocycles. The first-order chi connectivity index (χ1) is 9.15. The minimum Gasteiger partial charge on any atom is -0.442 e. The highest BCUT2D eigenvalue weighted by Crippen LogP contribution is 2.07. The van der Waals surface area contributed by atoms with Gasteiger partial charge in [-0.2, -0.15) is 0 Å². The first-order valence-corrected chi connectivity index (χ1v) is 6.12. The monoisotopic (exact) mass is 263 g/mol. The summed E-state index contributed by atoms with van der Waals surface area (Å²) < 4.78 is 5.03. The van der Waals surface area contributed by atoms with E-state index in [2.05, 4.69) is 10.6 Å². The van der Waals surface area contributed by atoms with Crippen LogP contribution in [0, 0.1) is 0 Å². The van der Waals surface area contributed by atoms with E-state index in [9.17, 15) is 9.59 Å².